The fourth-order valence-corrected chi connectivity index (χ4v) is 2.96. The second-order valence-electron chi connectivity index (χ2n) is 5.76. The minimum Gasteiger partial charge on any atom is -0.353 e. The first-order chi connectivity index (χ1) is 11.5. The van der Waals surface area contributed by atoms with Gasteiger partial charge in [0.05, 0.1) is 5.02 Å². The van der Waals surface area contributed by atoms with E-state index < -0.39 is 12.1 Å². The molecule has 8 nitrogen and oxygen atoms in total. The summed E-state index contributed by atoms with van der Waals surface area (Å²) in [5.74, 6) is 0.314. The SMILES string of the molecule is O=C1CCC(C(=O)N2CCN(c3ccc(Cl)cn3)CC2)NC(=O)N1. The molecular weight excluding hydrogens is 334 g/mol. The van der Waals surface area contributed by atoms with Gasteiger partial charge >= 0.3 is 6.03 Å². The van der Waals surface area contributed by atoms with Crippen molar-refractivity contribution in [1.29, 1.82) is 0 Å². The van der Waals surface area contributed by atoms with E-state index in [0.717, 1.165) is 5.82 Å². The topological polar surface area (TPSA) is 94.6 Å². The summed E-state index contributed by atoms with van der Waals surface area (Å²) in [7, 11) is 0. The van der Waals surface area contributed by atoms with Gasteiger partial charge in [-0.1, -0.05) is 11.6 Å². The van der Waals surface area contributed by atoms with Gasteiger partial charge in [-0.05, 0) is 18.6 Å². The molecule has 0 aromatic carbocycles. The molecule has 3 rings (SSSR count). The molecule has 0 spiro atoms. The van der Waals surface area contributed by atoms with Crippen molar-refractivity contribution in [3.8, 4) is 0 Å². The van der Waals surface area contributed by atoms with E-state index in [-0.39, 0.29) is 18.2 Å². The Hall–Kier alpha value is -2.35. The third-order valence-electron chi connectivity index (χ3n) is 4.14. The number of carbonyl (C=O) groups is 3. The van der Waals surface area contributed by atoms with Crippen molar-refractivity contribution >= 4 is 35.3 Å². The Balaban J connectivity index is 1.57. The van der Waals surface area contributed by atoms with E-state index in [4.69, 9.17) is 11.6 Å². The van der Waals surface area contributed by atoms with Crippen LogP contribution in [0.4, 0.5) is 10.6 Å². The van der Waals surface area contributed by atoms with Crippen LogP contribution in [0.2, 0.25) is 5.02 Å². The summed E-state index contributed by atoms with van der Waals surface area (Å²) in [6.45, 7) is 2.38. The molecule has 9 heteroatoms. The zero-order valence-corrected chi connectivity index (χ0v) is 13.8. The molecule has 2 N–H and O–H groups in total. The predicted octanol–water partition coefficient (Wildman–Crippen LogP) is 0.372. The average Bonchev–Trinajstić information content (AvgIpc) is 2.75. The highest BCUT2D eigenvalue weighted by Crippen LogP contribution is 2.17. The quantitative estimate of drug-likeness (QED) is 0.803. The van der Waals surface area contributed by atoms with Crippen molar-refractivity contribution in [1.82, 2.24) is 20.5 Å². The zero-order chi connectivity index (χ0) is 17.1. The van der Waals surface area contributed by atoms with Gasteiger partial charge in [0.15, 0.2) is 0 Å². The smallest absolute Gasteiger partial charge is 0.322 e. The van der Waals surface area contributed by atoms with Crippen LogP contribution < -0.4 is 15.5 Å². The number of hydrogen-bond donors (Lipinski definition) is 2. The van der Waals surface area contributed by atoms with Crippen molar-refractivity contribution in [2.24, 2.45) is 0 Å². The minimum absolute atomic E-state index is 0.149. The minimum atomic E-state index is -0.656. The van der Waals surface area contributed by atoms with Gasteiger partial charge in [0.1, 0.15) is 11.9 Å². The number of halogens is 1. The molecule has 128 valence electrons. The molecule has 1 unspecified atom stereocenters. The van der Waals surface area contributed by atoms with Gasteiger partial charge in [0, 0.05) is 38.8 Å². The summed E-state index contributed by atoms with van der Waals surface area (Å²) in [6.07, 6.45) is 2.07. The van der Waals surface area contributed by atoms with Crippen LogP contribution >= 0.6 is 11.6 Å². The maximum absolute atomic E-state index is 12.6. The van der Waals surface area contributed by atoms with Crippen LogP contribution in [0.3, 0.4) is 0 Å². The number of nitrogens with zero attached hydrogens (tertiary/aromatic N) is 3. The van der Waals surface area contributed by atoms with Crippen LogP contribution in [0.25, 0.3) is 0 Å². The Morgan fingerprint density at radius 2 is 1.96 bits per heavy atom. The third-order valence-corrected chi connectivity index (χ3v) is 4.37. The number of rotatable bonds is 2. The van der Waals surface area contributed by atoms with Crippen molar-refractivity contribution in [3.05, 3.63) is 23.4 Å². The first-order valence-corrected chi connectivity index (χ1v) is 8.16. The number of imide groups is 1. The normalized spacial score (nSPS) is 21.8. The van der Waals surface area contributed by atoms with E-state index in [0.29, 0.717) is 37.6 Å². The summed E-state index contributed by atoms with van der Waals surface area (Å²) in [5, 5.41) is 5.31. The predicted molar refractivity (Wildman–Crippen MR) is 87.7 cm³/mol. The number of piperazine rings is 1. The van der Waals surface area contributed by atoms with Gasteiger partial charge < -0.3 is 15.1 Å². The molecule has 0 saturated carbocycles. The number of hydrogen-bond acceptors (Lipinski definition) is 5. The molecule has 4 amide bonds. The number of amides is 4. The molecule has 3 heterocycles. The second-order valence-corrected chi connectivity index (χ2v) is 6.20. The molecule has 2 aliphatic heterocycles. The Morgan fingerprint density at radius 1 is 1.21 bits per heavy atom. The van der Waals surface area contributed by atoms with E-state index in [1.807, 2.05) is 6.07 Å². The van der Waals surface area contributed by atoms with E-state index in [1.165, 1.54) is 0 Å². The molecule has 2 aliphatic rings. The number of carbonyl (C=O) groups excluding carboxylic acids is 3. The molecule has 2 fully saturated rings. The molecule has 1 aromatic rings. The molecule has 0 bridgehead atoms. The fourth-order valence-electron chi connectivity index (χ4n) is 2.85. The van der Waals surface area contributed by atoms with E-state index in [9.17, 15) is 14.4 Å². The van der Waals surface area contributed by atoms with Crippen LogP contribution in [0, 0.1) is 0 Å². The molecular formula is C15H18ClN5O3. The Bertz CT molecular complexity index is 643. The molecule has 2 saturated heterocycles. The fraction of sp³-hybridized carbons (Fsp3) is 0.467. The lowest BCUT2D eigenvalue weighted by atomic mass is 10.1. The van der Waals surface area contributed by atoms with Gasteiger partial charge in [-0.3, -0.25) is 14.9 Å². The molecule has 1 atom stereocenters. The maximum Gasteiger partial charge on any atom is 0.322 e. The first kappa shape index (κ1) is 16.5. The standard InChI is InChI=1S/C15H18ClN5O3/c16-10-1-3-12(17-9-10)20-5-7-21(8-6-20)14(23)11-2-4-13(22)19-15(24)18-11/h1,3,9,11H,2,4-8H2,(H2,18,19,22,24). The van der Waals surface area contributed by atoms with Gasteiger partial charge in [-0.25, -0.2) is 9.78 Å². The van der Waals surface area contributed by atoms with Crippen molar-refractivity contribution in [2.75, 3.05) is 31.1 Å². The van der Waals surface area contributed by atoms with Gasteiger partial charge in [-0.2, -0.15) is 0 Å². The van der Waals surface area contributed by atoms with Crippen LogP contribution in [0.5, 0.6) is 0 Å². The summed E-state index contributed by atoms with van der Waals surface area (Å²) >= 11 is 5.84. The maximum atomic E-state index is 12.6. The van der Waals surface area contributed by atoms with E-state index in [1.54, 1.807) is 17.2 Å². The van der Waals surface area contributed by atoms with Crippen molar-refractivity contribution < 1.29 is 14.4 Å². The van der Waals surface area contributed by atoms with Gasteiger partial charge in [-0.15, -0.1) is 0 Å². The number of pyridine rings is 1. The lowest BCUT2D eigenvalue weighted by molar-refractivity contribution is -0.133. The Kier molecular flexibility index (Phi) is 4.84. The van der Waals surface area contributed by atoms with E-state index >= 15 is 0 Å². The number of nitrogens with one attached hydrogen (secondary N) is 2. The second kappa shape index (κ2) is 7.04. The zero-order valence-electron chi connectivity index (χ0n) is 13.0. The van der Waals surface area contributed by atoms with Crippen molar-refractivity contribution in [3.63, 3.8) is 0 Å². The highest BCUT2D eigenvalue weighted by atomic mass is 35.5. The van der Waals surface area contributed by atoms with Crippen LogP contribution in [0.15, 0.2) is 18.3 Å². The molecule has 1 aromatic heterocycles. The third kappa shape index (κ3) is 3.76. The first-order valence-electron chi connectivity index (χ1n) is 7.78. The van der Waals surface area contributed by atoms with Crippen LogP contribution in [-0.4, -0.2) is 60.0 Å². The lowest BCUT2D eigenvalue weighted by Crippen LogP contribution is -2.55. The molecule has 0 radical (unpaired) electrons. The monoisotopic (exact) mass is 351 g/mol. The van der Waals surface area contributed by atoms with Gasteiger partial charge in [0.2, 0.25) is 11.8 Å². The molecule has 24 heavy (non-hydrogen) atoms. The average molecular weight is 352 g/mol. The Morgan fingerprint density at radius 3 is 2.62 bits per heavy atom. The lowest BCUT2D eigenvalue weighted by Gasteiger charge is -2.36. The van der Waals surface area contributed by atoms with Crippen molar-refractivity contribution in [2.45, 2.75) is 18.9 Å². The Labute approximate surface area is 144 Å². The number of aromatic nitrogens is 1. The largest absolute Gasteiger partial charge is 0.353 e. The van der Waals surface area contributed by atoms with Gasteiger partial charge in [0.25, 0.3) is 0 Å². The summed E-state index contributed by atoms with van der Waals surface area (Å²) in [4.78, 5) is 43.5. The number of anilines is 1. The summed E-state index contributed by atoms with van der Waals surface area (Å²) in [5.41, 5.74) is 0. The highest BCUT2D eigenvalue weighted by Gasteiger charge is 2.31. The van der Waals surface area contributed by atoms with Crippen LogP contribution in [0.1, 0.15) is 12.8 Å². The summed E-state index contributed by atoms with van der Waals surface area (Å²) < 4.78 is 0. The highest BCUT2D eigenvalue weighted by molar-refractivity contribution is 6.30. The summed E-state index contributed by atoms with van der Waals surface area (Å²) in [6, 6.07) is 2.37. The van der Waals surface area contributed by atoms with Crippen LogP contribution in [-0.2, 0) is 9.59 Å². The number of urea groups is 1. The molecule has 0 aliphatic carbocycles. The van der Waals surface area contributed by atoms with E-state index in [2.05, 4.69) is 20.5 Å².